The number of benzene rings is 1. The van der Waals surface area contributed by atoms with Crippen LogP contribution in [0.2, 0.25) is 0 Å². The lowest BCUT2D eigenvalue weighted by Crippen LogP contribution is -2.22. The smallest absolute Gasteiger partial charge is 0.163 e. The summed E-state index contributed by atoms with van der Waals surface area (Å²) in [5.74, 6) is -2.96. The summed E-state index contributed by atoms with van der Waals surface area (Å²) in [6, 6.07) is 3.51. The normalized spacial score (nSPS) is 13.6. The van der Waals surface area contributed by atoms with Crippen LogP contribution < -0.4 is 5.73 Å². The van der Waals surface area contributed by atoms with Crippen molar-refractivity contribution < 1.29 is 17.2 Å². The lowest BCUT2D eigenvalue weighted by Gasteiger charge is -2.10. The second kappa shape index (κ2) is 5.55. The molecule has 1 atom stereocenters. The maximum atomic E-state index is 13.3. The molecule has 2 N–H and O–H groups in total. The number of hydrogen-bond acceptors (Lipinski definition) is 3. The average Bonchev–Trinajstić information content (AvgIpc) is 2.23. The van der Waals surface area contributed by atoms with Crippen LogP contribution in [0.15, 0.2) is 18.2 Å². The van der Waals surface area contributed by atoms with Crippen molar-refractivity contribution in [1.82, 2.24) is 0 Å². The van der Waals surface area contributed by atoms with Gasteiger partial charge in [0, 0.05) is 5.56 Å². The monoisotopic (exact) mass is 263 g/mol. The Morgan fingerprint density at radius 2 is 2.00 bits per heavy atom. The van der Waals surface area contributed by atoms with Crippen LogP contribution >= 0.6 is 0 Å². The number of hydrogen-bond donors (Lipinski definition) is 1. The fourth-order valence-corrected chi connectivity index (χ4v) is 3.28. The van der Waals surface area contributed by atoms with E-state index in [4.69, 9.17) is 5.73 Å². The molecular formula is C11H15F2NO2S. The van der Waals surface area contributed by atoms with Gasteiger partial charge in [0.15, 0.2) is 21.5 Å². The molecule has 0 aromatic heterocycles. The first-order valence-corrected chi connectivity index (χ1v) is 7.01. The zero-order chi connectivity index (χ0) is 13.1. The van der Waals surface area contributed by atoms with Gasteiger partial charge in [-0.3, -0.25) is 0 Å². The van der Waals surface area contributed by atoms with Gasteiger partial charge in [-0.15, -0.1) is 0 Å². The van der Waals surface area contributed by atoms with Crippen LogP contribution in [0.25, 0.3) is 0 Å². The van der Waals surface area contributed by atoms with Crippen molar-refractivity contribution in [3.63, 3.8) is 0 Å². The fraction of sp³-hybridized carbons (Fsp3) is 0.455. The molecule has 17 heavy (non-hydrogen) atoms. The molecule has 0 aliphatic carbocycles. The predicted octanol–water partition coefficient (Wildman–Crippen LogP) is 1.47. The molecule has 3 nitrogen and oxygen atoms in total. The van der Waals surface area contributed by atoms with E-state index in [1.54, 1.807) is 6.92 Å². The summed E-state index contributed by atoms with van der Waals surface area (Å²) in [5.41, 5.74) is 5.18. The minimum absolute atomic E-state index is 0.126. The fourth-order valence-electron chi connectivity index (χ4n) is 1.46. The molecule has 6 heteroatoms. The minimum atomic E-state index is -3.47. The van der Waals surface area contributed by atoms with Crippen molar-refractivity contribution in [3.8, 4) is 0 Å². The van der Waals surface area contributed by atoms with Crippen molar-refractivity contribution in [2.45, 2.75) is 12.7 Å². The molecule has 1 unspecified atom stereocenters. The van der Waals surface area contributed by atoms with Crippen molar-refractivity contribution in [2.24, 2.45) is 11.7 Å². The van der Waals surface area contributed by atoms with E-state index < -0.39 is 27.2 Å². The van der Waals surface area contributed by atoms with Crippen LogP contribution in [-0.2, 0) is 15.6 Å². The average molecular weight is 263 g/mol. The second-order valence-corrected chi connectivity index (χ2v) is 6.22. The van der Waals surface area contributed by atoms with E-state index >= 15 is 0 Å². The predicted molar refractivity (Wildman–Crippen MR) is 62.1 cm³/mol. The molecule has 0 aliphatic heterocycles. The van der Waals surface area contributed by atoms with Gasteiger partial charge in [-0.25, -0.2) is 17.2 Å². The number of halogens is 2. The molecule has 0 amide bonds. The van der Waals surface area contributed by atoms with Gasteiger partial charge in [0.2, 0.25) is 0 Å². The summed E-state index contributed by atoms with van der Waals surface area (Å²) >= 11 is 0. The van der Waals surface area contributed by atoms with Gasteiger partial charge in [-0.1, -0.05) is 19.1 Å². The Balaban J connectivity index is 2.87. The Kier molecular flexibility index (Phi) is 4.59. The molecule has 0 radical (unpaired) electrons. The second-order valence-electron chi connectivity index (χ2n) is 4.11. The lowest BCUT2D eigenvalue weighted by atomic mass is 10.2. The molecule has 0 bridgehead atoms. The highest BCUT2D eigenvalue weighted by atomic mass is 32.2. The largest absolute Gasteiger partial charge is 0.330 e. The van der Waals surface area contributed by atoms with Crippen LogP contribution in [-0.4, -0.2) is 20.7 Å². The number of sulfone groups is 1. The third-order valence-corrected chi connectivity index (χ3v) is 4.18. The quantitative estimate of drug-likeness (QED) is 0.875. The highest BCUT2D eigenvalue weighted by Gasteiger charge is 2.19. The molecule has 1 rings (SSSR count). The lowest BCUT2D eigenvalue weighted by molar-refractivity contribution is 0.500. The number of nitrogens with two attached hydrogens (primary N) is 1. The summed E-state index contributed by atoms with van der Waals surface area (Å²) < 4.78 is 49.6. The van der Waals surface area contributed by atoms with Gasteiger partial charge in [0.05, 0.1) is 11.5 Å². The Morgan fingerprint density at radius 3 is 2.59 bits per heavy atom. The van der Waals surface area contributed by atoms with Crippen molar-refractivity contribution in [3.05, 3.63) is 35.4 Å². The molecule has 0 aliphatic rings. The van der Waals surface area contributed by atoms with E-state index in [-0.39, 0.29) is 23.8 Å². The third kappa shape index (κ3) is 4.05. The van der Waals surface area contributed by atoms with Gasteiger partial charge in [-0.05, 0) is 18.5 Å². The molecule has 0 saturated heterocycles. The first-order chi connectivity index (χ1) is 7.85. The van der Waals surface area contributed by atoms with Gasteiger partial charge < -0.3 is 5.73 Å². The first-order valence-electron chi connectivity index (χ1n) is 5.19. The zero-order valence-electron chi connectivity index (χ0n) is 9.49. The Hall–Kier alpha value is -1.01. The summed E-state index contributed by atoms with van der Waals surface area (Å²) in [6.07, 6.45) is 0. The molecule has 0 saturated carbocycles. The third-order valence-electron chi connectivity index (χ3n) is 2.35. The highest BCUT2D eigenvalue weighted by Crippen LogP contribution is 2.15. The Bertz CT molecular complexity index is 488. The van der Waals surface area contributed by atoms with Crippen molar-refractivity contribution >= 4 is 9.84 Å². The molecule has 0 spiro atoms. The topological polar surface area (TPSA) is 60.2 Å². The standard InChI is InChI=1S/C11H15F2NO2S/c1-8(5-14)6-17(15,16)7-9-3-2-4-10(12)11(9)13/h2-4,8H,5-7,14H2,1H3. The summed E-state index contributed by atoms with van der Waals surface area (Å²) in [6.45, 7) is 1.93. The van der Waals surface area contributed by atoms with Gasteiger partial charge in [0.1, 0.15) is 0 Å². The summed E-state index contributed by atoms with van der Waals surface area (Å²) in [4.78, 5) is 0. The molecular weight excluding hydrogens is 248 g/mol. The maximum absolute atomic E-state index is 13.3. The van der Waals surface area contributed by atoms with Crippen molar-refractivity contribution in [2.75, 3.05) is 12.3 Å². The SMILES string of the molecule is CC(CN)CS(=O)(=O)Cc1cccc(F)c1F. The Morgan fingerprint density at radius 1 is 1.35 bits per heavy atom. The van der Waals surface area contributed by atoms with E-state index in [9.17, 15) is 17.2 Å². The van der Waals surface area contributed by atoms with Crippen LogP contribution in [0.1, 0.15) is 12.5 Å². The molecule has 1 aromatic carbocycles. The maximum Gasteiger partial charge on any atom is 0.163 e. The van der Waals surface area contributed by atoms with Crippen LogP contribution in [0.4, 0.5) is 8.78 Å². The molecule has 0 fully saturated rings. The van der Waals surface area contributed by atoms with E-state index in [0.717, 1.165) is 6.07 Å². The summed E-state index contributed by atoms with van der Waals surface area (Å²) in [5, 5.41) is 0. The van der Waals surface area contributed by atoms with Gasteiger partial charge >= 0.3 is 0 Å². The van der Waals surface area contributed by atoms with E-state index in [1.165, 1.54) is 12.1 Å². The molecule has 1 aromatic rings. The Labute approximate surface area is 99.6 Å². The van der Waals surface area contributed by atoms with Crippen molar-refractivity contribution in [1.29, 1.82) is 0 Å². The van der Waals surface area contributed by atoms with E-state index in [0.29, 0.717) is 0 Å². The first kappa shape index (κ1) is 14.1. The molecule has 0 heterocycles. The summed E-state index contributed by atoms with van der Waals surface area (Å²) in [7, 11) is -3.47. The van der Waals surface area contributed by atoms with Gasteiger partial charge in [-0.2, -0.15) is 0 Å². The number of rotatable bonds is 5. The van der Waals surface area contributed by atoms with E-state index in [2.05, 4.69) is 0 Å². The van der Waals surface area contributed by atoms with Crippen LogP contribution in [0, 0.1) is 17.6 Å². The highest BCUT2D eigenvalue weighted by molar-refractivity contribution is 7.90. The van der Waals surface area contributed by atoms with Gasteiger partial charge in [0.25, 0.3) is 0 Å². The van der Waals surface area contributed by atoms with E-state index in [1.807, 2.05) is 0 Å². The zero-order valence-corrected chi connectivity index (χ0v) is 10.3. The molecule has 96 valence electrons. The minimum Gasteiger partial charge on any atom is -0.330 e. The van der Waals surface area contributed by atoms with Crippen LogP contribution in [0.5, 0.6) is 0 Å². The van der Waals surface area contributed by atoms with Crippen LogP contribution in [0.3, 0.4) is 0 Å².